The number of hydrogen-bond donors (Lipinski definition) is 0. The second kappa shape index (κ2) is 3.88. The Morgan fingerprint density at radius 1 is 1.78 bits per heavy atom. The summed E-state index contributed by atoms with van der Waals surface area (Å²) in [7, 11) is 0. The number of hydrogen-bond acceptors (Lipinski definition) is 1. The van der Waals surface area contributed by atoms with Gasteiger partial charge < -0.3 is 0 Å². The van der Waals surface area contributed by atoms with Gasteiger partial charge >= 0.3 is 0 Å². The third kappa shape index (κ3) is 2.68. The maximum atomic E-state index is 10.6. The van der Waals surface area contributed by atoms with Crippen LogP contribution in [0.5, 0.6) is 0 Å². The van der Waals surface area contributed by atoms with E-state index in [0.717, 1.165) is 0 Å². The summed E-state index contributed by atoms with van der Waals surface area (Å²) in [6.45, 7) is 8.36. The van der Waals surface area contributed by atoms with E-state index in [1.165, 1.54) is 6.92 Å². The summed E-state index contributed by atoms with van der Waals surface area (Å²) in [5.41, 5.74) is 3.15. The summed E-state index contributed by atoms with van der Waals surface area (Å²) >= 11 is 0. The molecule has 48 valence electrons. The summed E-state index contributed by atoms with van der Waals surface area (Å²) in [6, 6.07) is 0. The molecule has 0 amide bonds. The Morgan fingerprint density at radius 3 is 2.44 bits per heavy atom. The van der Waals surface area contributed by atoms with Crippen LogP contribution in [-0.2, 0) is 4.79 Å². The van der Waals surface area contributed by atoms with Gasteiger partial charge in [-0.1, -0.05) is 12.7 Å². The average molecular weight is 122 g/mol. The van der Waals surface area contributed by atoms with Gasteiger partial charge in [-0.25, -0.2) is 0 Å². The van der Waals surface area contributed by atoms with Gasteiger partial charge in [-0.2, -0.15) is 0 Å². The first-order valence-electron chi connectivity index (χ1n) is 2.73. The van der Waals surface area contributed by atoms with Crippen molar-refractivity contribution >= 4 is 5.78 Å². The van der Waals surface area contributed by atoms with Crippen LogP contribution in [0.1, 0.15) is 13.3 Å². The van der Waals surface area contributed by atoms with Crippen LogP contribution in [0, 0.1) is 0 Å². The summed E-state index contributed by atoms with van der Waals surface area (Å²) < 4.78 is 0. The first-order valence-corrected chi connectivity index (χ1v) is 2.73. The summed E-state index contributed by atoms with van der Waals surface area (Å²) in [6.07, 6.45) is 2.23. The van der Waals surface area contributed by atoms with Gasteiger partial charge in [0.25, 0.3) is 0 Å². The minimum absolute atomic E-state index is 0.0184. The molecule has 0 atom stereocenters. The van der Waals surface area contributed by atoms with Gasteiger partial charge in [-0.3, -0.25) is 4.79 Å². The molecule has 0 aromatic heterocycles. The molecule has 9 heavy (non-hydrogen) atoms. The highest BCUT2D eigenvalue weighted by Gasteiger charge is 1.96. The monoisotopic (exact) mass is 122 g/mol. The molecule has 1 nitrogen and oxygen atoms in total. The minimum Gasteiger partial charge on any atom is -0.294 e. The lowest BCUT2D eigenvalue weighted by molar-refractivity contribution is -0.113. The predicted octanol–water partition coefficient (Wildman–Crippen LogP) is 1.86. The van der Waals surface area contributed by atoms with Gasteiger partial charge in [0.15, 0.2) is 5.78 Å². The molecule has 1 heteroatoms. The molecule has 0 N–H and O–H groups in total. The second-order valence-electron chi connectivity index (χ2n) is 1.70. The fourth-order valence-electron chi connectivity index (χ4n) is 0.485. The molecule has 0 bridgehead atoms. The van der Waals surface area contributed by atoms with Crippen molar-refractivity contribution < 1.29 is 4.79 Å². The van der Waals surface area contributed by atoms with Crippen molar-refractivity contribution in [2.24, 2.45) is 0 Å². The van der Waals surface area contributed by atoms with E-state index >= 15 is 0 Å². The first-order chi connectivity index (χ1) is 4.22. The van der Waals surface area contributed by atoms with Gasteiger partial charge in [0.2, 0.25) is 0 Å². The van der Waals surface area contributed by atoms with Crippen molar-refractivity contribution in [1.82, 2.24) is 0 Å². The number of rotatable bonds is 3. The number of ketones is 1. The number of carbonyl (C=O) groups excluding carboxylic acids is 1. The smallest absolute Gasteiger partial charge is 0.163 e. The van der Waals surface area contributed by atoms with Crippen LogP contribution >= 0.6 is 0 Å². The average Bonchev–Trinajstić information content (AvgIpc) is 1.82. The molecule has 0 aliphatic carbocycles. The number of Topliss-reactive ketones (excluding diaryl/α,β-unsaturated/α-hetero) is 1. The third-order valence-corrected chi connectivity index (χ3v) is 0.987. The molecular formula is C8H10O. The molecule has 0 saturated carbocycles. The molecule has 0 aromatic rings. The summed E-state index contributed by atoms with van der Waals surface area (Å²) in [4.78, 5) is 10.6. The zero-order valence-electron chi connectivity index (χ0n) is 5.61. The van der Waals surface area contributed by atoms with Crippen molar-refractivity contribution in [3.8, 4) is 0 Å². The Balaban J connectivity index is 4.18. The van der Waals surface area contributed by atoms with Crippen LogP contribution in [0.25, 0.3) is 0 Å². The van der Waals surface area contributed by atoms with Crippen molar-refractivity contribution in [3.05, 3.63) is 30.5 Å². The highest BCUT2D eigenvalue weighted by molar-refractivity contribution is 5.93. The maximum Gasteiger partial charge on any atom is 0.163 e. The van der Waals surface area contributed by atoms with Crippen LogP contribution < -0.4 is 0 Å². The SMILES string of the molecule is C=C=C(CC=C)C(C)=O. The van der Waals surface area contributed by atoms with Crippen molar-refractivity contribution in [2.45, 2.75) is 13.3 Å². The molecule has 0 aliphatic rings. The quantitative estimate of drug-likeness (QED) is 0.317. The van der Waals surface area contributed by atoms with Gasteiger partial charge in [0.05, 0.1) is 0 Å². The largest absolute Gasteiger partial charge is 0.294 e. The zero-order valence-corrected chi connectivity index (χ0v) is 5.61. The minimum atomic E-state index is 0.0184. The highest BCUT2D eigenvalue weighted by atomic mass is 16.1. The van der Waals surface area contributed by atoms with Crippen LogP contribution in [0.2, 0.25) is 0 Å². The van der Waals surface area contributed by atoms with Crippen LogP contribution in [0.4, 0.5) is 0 Å². The molecule has 0 fully saturated rings. The topological polar surface area (TPSA) is 17.1 Å². The van der Waals surface area contributed by atoms with Crippen molar-refractivity contribution in [2.75, 3.05) is 0 Å². The predicted molar refractivity (Wildman–Crippen MR) is 38.1 cm³/mol. The normalized spacial score (nSPS) is 7.67. The second-order valence-corrected chi connectivity index (χ2v) is 1.70. The lowest BCUT2D eigenvalue weighted by atomic mass is 10.1. The maximum absolute atomic E-state index is 10.6. The molecule has 0 aliphatic heterocycles. The van der Waals surface area contributed by atoms with E-state index in [4.69, 9.17) is 0 Å². The Labute approximate surface area is 55.4 Å². The van der Waals surface area contributed by atoms with E-state index in [1.54, 1.807) is 6.08 Å². The zero-order chi connectivity index (χ0) is 7.28. The fourth-order valence-corrected chi connectivity index (χ4v) is 0.485. The Bertz CT molecular complexity index is 171. The van der Waals surface area contributed by atoms with Crippen molar-refractivity contribution in [3.63, 3.8) is 0 Å². The van der Waals surface area contributed by atoms with E-state index in [1.807, 2.05) is 0 Å². The van der Waals surface area contributed by atoms with Crippen LogP contribution in [-0.4, -0.2) is 5.78 Å². The van der Waals surface area contributed by atoms with Gasteiger partial charge in [0.1, 0.15) is 0 Å². The molecule has 0 unspecified atom stereocenters. The number of allylic oxidation sites excluding steroid dienone is 2. The molecule has 0 radical (unpaired) electrons. The Hall–Kier alpha value is -1.07. The van der Waals surface area contributed by atoms with E-state index in [9.17, 15) is 4.79 Å². The van der Waals surface area contributed by atoms with E-state index < -0.39 is 0 Å². The van der Waals surface area contributed by atoms with Gasteiger partial charge in [-0.15, -0.1) is 12.3 Å². The molecule has 0 rings (SSSR count). The lowest BCUT2D eigenvalue weighted by Crippen LogP contribution is -1.92. The molecule has 0 heterocycles. The van der Waals surface area contributed by atoms with Gasteiger partial charge in [0, 0.05) is 12.0 Å². The standard InChI is InChI=1S/C8H10O/c1-4-6-8(5-2)7(3)9/h4H,1-2,6H2,3H3. The Kier molecular flexibility index (Phi) is 3.41. The molecule has 0 saturated heterocycles. The fraction of sp³-hybridized carbons (Fsp3) is 0.250. The lowest BCUT2D eigenvalue weighted by Gasteiger charge is -1.90. The van der Waals surface area contributed by atoms with E-state index in [2.05, 4.69) is 18.9 Å². The van der Waals surface area contributed by atoms with Gasteiger partial charge in [-0.05, 0) is 6.92 Å². The highest BCUT2D eigenvalue weighted by Crippen LogP contribution is 1.99. The van der Waals surface area contributed by atoms with Crippen molar-refractivity contribution in [1.29, 1.82) is 0 Å². The first kappa shape index (κ1) is 7.93. The number of carbonyl (C=O) groups is 1. The van der Waals surface area contributed by atoms with E-state index in [-0.39, 0.29) is 5.78 Å². The van der Waals surface area contributed by atoms with Crippen LogP contribution in [0.15, 0.2) is 30.5 Å². The van der Waals surface area contributed by atoms with E-state index in [0.29, 0.717) is 12.0 Å². The summed E-state index contributed by atoms with van der Waals surface area (Å²) in [5, 5.41) is 0. The molecule has 0 aromatic carbocycles. The molecule has 0 spiro atoms. The molecular weight excluding hydrogens is 112 g/mol. The third-order valence-electron chi connectivity index (χ3n) is 0.987. The Morgan fingerprint density at radius 2 is 2.33 bits per heavy atom. The summed E-state index contributed by atoms with van der Waals surface area (Å²) in [5.74, 6) is 0.0184. The van der Waals surface area contributed by atoms with Crippen LogP contribution in [0.3, 0.4) is 0 Å².